The second kappa shape index (κ2) is 14.2. The molecule has 0 aromatic heterocycles. The maximum atomic E-state index is 11.9. The largest absolute Gasteiger partial charge is 0.465 e. The first kappa shape index (κ1) is 18.8. The number of rotatable bonds is 13. The fraction of sp³-hybridized carbons (Fsp3) is 0.933. The van der Waals surface area contributed by atoms with Gasteiger partial charge in [0.2, 0.25) is 0 Å². The Morgan fingerprint density at radius 3 is 2.47 bits per heavy atom. The molecule has 0 aromatic carbocycles. The van der Waals surface area contributed by atoms with Crippen LogP contribution in [0.1, 0.15) is 65.2 Å². The van der Waals surface area contributed by atoms with Crippen molar-refractivity contribution in [3.8, 4) is 0 Å². The summed E-state index contributed by atoms with van der Waals surface area (Å²) in [7, 11) is 0. The molecule has 0 N–H and O–H groups in total. The van der Waals surface area contributed by atoms with Crippen LogP contribution in [0.4, 0.5) is 4.39 Å². The van der Waals surface area contributed by atoms with Crippen molar-refractivity contribution in [1.82, 2.24) is 0 Å². The number of esters is 1. The number of ether oxygens (including phenoxy) is 1. The summed E-state index contributed by atoms with van der Waals surface area (Å²) in [6.07, 6.45) is 7.63. The fourth-order valence-corrected chi connectivity index (χ4v) is 2.98. The number of alkyl halides is 1. The predicted molar refractivity (Wildman–Crippen MR) is 81.5 cm³/mol. The minimum absolute atomic E-state index is 0.0111. The third kappa shape index (κ3) is 11.3. The van der Waals surface area contributed by atoms with E-state index in [-0.39, 0.29) is 17.9 Å². The molecule has 0 saturated heterocycles. The van der Waals surface area contributed by atoms with E-state index in [0.29, 0.717) is 13.0 Å². The molecule has 2 nitrogen and oxygen atoms in total. The molecule has 1 atom stereocenters. The molecule has 0 spiro atoms. The summed E-state index contributed by atoms with van der Waals surface area (Å²) in [6.45, 7) is 4.51. The molecule has 19 heavy (non-hydrogen) atoms. The van der Waals surface area contributed by atoms with Crippen LogP contribution in [0, 0.1) is 0 Å². The highest BCUT2D eigenvalue weighted by Gasteiger charge is 2.19. The minimum atomic E-state index is -0.213. The first-order valence-electron chi connectivity index (χ1n) is 7.60. The van der Waals surface area contributed by atoms with Crippen LogP contribution in [-0.2, 0) is 9.53 Å². The van der Waals surface area contributed by atoms with E-state index in [4.69, 9.17) is 4.74 Å². The first-order chi connectivity index (χ1) is 9.26. The normalized spacial score (nSPS) is 12.4. The second-order valence-corrected chi connectivity index (χ2v) is 6.08. The van der Waals surface area contributed by atoms with Gasteiger partial charge in [-0.2, -0.15) is 0 Å². The molecule has 1 unspecified atom stereocenters. The van der Waals surface area contributed by atoms with Crippen LogP contribution in [-0.4, -0.2) is 30.3 Å². The number of hydrogen-bond acceptors (Lipinski definition) is 3. The quantitative estimate of drug-likeness (QED) is 0.361. The van der Waals surface area contributed by atoms with Crippen molar-refractivity contribution < 1.29 is 13.9 Å². The molecule has 0 aromatic rings. The topological polar surface area (TPSA) is 26.3 Å². The molecule has 4 heteroatoms. The number of carbonyl (C=O) groups excluding carboxylic acids is 1. The molecule has 0 aliphatic rings. The fourth-order valence-electron chi connectivity index (χ4n) is 1.72. The summed E-state index contributed by atoms with van der Waals surface area (Å²) in [5, 5.41) is -0.0111. The predicted octanol–water partition coefficient (Wildman–Crippen LogP) is 4.76. The number of carbonyl (C=O) groups is 1. The molecule has 0 bridgehead atoms. The average molecular weight is 292 g/mol. The zero-order valence-electron chi connectivity index (χ0n) is 12.5. The SMILES string of the molecule is CCCCOC(=O)C(CCC)SCCCCCCF. The van der Waals surface area contributed by atoms with Crippen molar-refractivity contribution in [3.05, 3.63) is 0 Å². The molecular weight excluding hydrogens is 263 g/mol. The molecule has 0 amide bonds. The molecule has 114 valence electrons. The van der Waals surface area contributed by atoms with E-state index in [2.05, 4.69) is 13.8 Å². The van der Waals surface area contributed by atoms with E-state index in [1.165, 1.54) is 0 Å². The van der Waals surface area contributed by atoms with Gasteiger partial charge in [0, 0.05) is 0 Å². The zero-order chi connectivity index (χ0) is 14.3. The van der Waals surface area contributed by atoms with Gasteiger partial charge in [0.15, 0.2) is 0 Å². The molecule has 0 heterocycles. The van der Waals surface area contributed by atoms with Crippen LogP contribution in [0.3, 0.4) is 0 Å². The lowest BCUT2D eigenvalue weighted by Gasteiger charge is -2.14. The second-order valence-electron chi connectivity index (χ2n) is 4.77. The smallest absolute Gasteiger partial charge is 0.319 e. The average Bonchev–Trinajstić information content (AvgIpc) is 2.41. The van der Waals surface area contributed by atoms with Gasteiger partial charge in [0.05, 0.1) is 13.3 Å². The van der Waals surface area contributed by atoms with Gasteiger partial charge in [-0.05, 0) is 31.4 Å². The van der Waals surface area contributed by atoms with Crippen LogP contribution in [0.2, 0.25) is 0 Å². The van der Waals surface area contributed by atoms with Crippen molar-refractivity contribution in [2.24, 2.45) is 0 Å². The van der Waals surface area contributed by atoms with Crippen LogP contribution in [0.15, 0.2) is 0 Å². The Bertz CT molecular complexity index is 212. The van der Waals surface area contributed by atoms with Gasteiger partial charge in [0.25, 0.3) is 0 Å². The summed E-state index contributed by atoms with van der Waals surface area (Å²) >= 11 is 1.70. The van der Waals surface area contributed by atoms with Gasteiger partial charge in [-0.25, -0.2) is 0 Å². The molecule has 0 fully saturated rings. The zero-order valence-corrected chi connectivity index (χ0v) is 13.3. The van der Waals surface area contributed by atoms with Crippen molar-refractivity contribution in [1.29, 1.82) is 0 Å². The number of hydrogen-bond donors (Lipinski definition) is 0. The number of thioether (sulfide) groups is 1. The lowest BCUT2D eigenvalue weighted by Crippen LogP contribution is -2.21. The lowest BCUT2D eigenvalue weighted by molar-refractivity contribution is -0.143. The van der Waals surface area contributed by atoms with Crippen molar-refractivity contribution >= 4 is 17.7 Å². The van der Waals surface area contributed by atoms with Crippen molar-refractivity contribution in [2.45, 2.75) is 70.5 Å². The van der Waals surface area contributed by atoms with Crippen LogP contribution in [0.5, 0.6) is 0 Å². The third-order valence-corrected chi connectivity index (χ3v) is 4.26. The van der Waals surface area contributed by atoms with Gasteiger partial charge < -0.3 is 4.74 Å². The Morgan fingerprint density at radius 2 is 1.84 bits per heavy atom. The van der Waals surface area contributed by atoms with E-state index in [0.717, 1.165) is 50.7 Å². The van der Waals surface area contributed by atoms with Crippen LogP contribution in [0.25, 0.3) is 0 Å². The maximum absolute atomic E-state index is 11.9. The first-order valence-corrected chi connectivity index (χ1v) is 8.65. The number of halogens is 1. The van der Waals surface area contributed by atoms with E-state index in [9.17, 15) is 9.18 Å². The summed E-state index contributed by atoms with van der Waals surface area (Å²) in [4.78, 5) is 11.9. The van der Waals surface area contributed by atoms with E-state index >= 15 is 0 Å². The van der Waals surface area contributed by atoms with Gasteiger partial charge in [-0.1, -0.05) is 39.5 Å². The Balaban J connectivity index is 3.74. The summed E-state index contributed by atoms with van der Waals surface area (Å²) in [5.41, 5.74) is 0. The van der Waals surface area contributed by atoms with Gasteiger partial charge in [0.1, 0.15) is 5.25 Å². The van der Waals surface area contributed by atoms with Crippen LogP contribution >= 0.6 is 11.8 Å². The Labute approximate surface area is 121 Å². The summed E-state index contributed by atoms with van der Waals surface area (Å²) in [5.74, 6) is 0.920. The molecule has 0 rings (SSSR count). The lowest BCUT2D eigenvalue weighted by atomic mass is 10.2. The Kier molecular flexibility index (Phi) is 14.0. The maximum Gasteiger partial charge on any atom is 0.319 e. The van der Waals surface area contributed by atoms with Crippen molar-refractivity contribution in [2.75, 3.05) is 19.0 Å². The summed E-state index contributed by atoms with van der Waals surface area (Å²) in [6, 6.07) is 0. The third-order valence-electron chi connectivity index (χ3n) is 2.90. The van der Waals surface area contributed by atoms with Crippen LogP contribution < -0.4 is 0 Å². The standard InChI is InChI=1S/C15H29FO2S/c1-3-5-12-18-15(17)14(10-4-2)19-13-9-7-6-8-11-16/h14H,3-13H2,1-2H3. The highest BCUT2D eigenvalue weighted by atomic mass is 32.2. The van der Waals surface area contributed by atoms with E-state index < -0.39 is 0 Å². The Hall–Kier alpha value is -0.250. The van der Waals surface area contributed by atoms with E-state index in [1.54, 1.807) is 11.8 Å². The monoisotopic (exact) mass is 292 g/mol. The van der Waals surface area contributed by atoms with E-state index in [1.807, 2.05) is 0 Å². The number of unbranched alkanes of at least 4 members (excludes halogenated alkanes) is 4. The summed E-state index contributed by atoms with van der Waals surface area (Å²) < 4.78 is 17.2. The highest BCUT2D eigenvalue weighted by molar-refractivity contribution is 8.00. The highest BCUT2D eigenvalue weighted by Crippen LogP contribution is 2.20. The molecular formula is C15H29FO2S. The Morgan fingerprint density at radius 1 is 1.11 bits per heavy atom. The van der Waals surface area contributed by atoms with Gasteiger partial charge in [-0.15, -0.1) is 11.8 Å². The van der Waals surface area contributed by atoms with Crippen molar-refractivity contribution in [3.63, 3.8) is 0 Å². The van der Waals surface area contributed by atoms with Gasteiger partial charge in [-0.3, -0.25) is 9.18 Å². The molecule has 0 radical (unpaired) electrons. The molecule has 0 aliphatic heterocycles. The molecule has 0 aliphatic carbocycles. The minimum Gasteiger partial charge on any atom is -0.465 e. The van der Waals surface area contributed by atoms with Gasteiger partial charge >= 0.3 is 5.97 Å². The molecule has 0 saturated carbocycles.